The molecule has 4 heteroatoms. The summed E-state index contributed by atoms with van der Waals surface area (Å²) in [5, 5.41) is 0. The Morgan fingerprint density at radius 3 is 2.38 bits per heavy atom. The van der Waals surface area contributed by atoms with E-state index in [9.17, 15) is 9.59 Å². The summed E-state index contributed by atoms with van der Waals surface area (Å²) < 4.78 is 9.51. The first-order chi connectivity index (χ1) is 7.65. The van der Waals surface area contributed by atoms with Crippen LogP contribution < -0.4 is 0 Å². The van der Waals surface area contributed by atoms with Gasteiger partial charge in [0.1, 0.15) is 12.5 Å². The Balaban J connectivity index is 2.79. The maximum atomic E-state index is 11.5. The van der Waals surface area contributed by atoms with Crippen molar-refractivity contribution < 1.29 is 19.1 Å². The SMILES string of the molecule is COC(=O)C(COC(C)=O)c1ccccc1. The van der Waals surface area contributed by atoms with Gasteiger partial charge >= 0.3 is 11.9 Å². The Kier molecular flexibility index (Phi) is 4.51. The van der Waals surface area contributed by atoms with E-state index in [-0.39, 0.29) is 6.61 Å². The number of benzene rings is 1. The molecule has 4 nitrogen and oxygen atoms in total. The van der Waals surface area contributed by atoms with E-state index in [1.807, 2.05) is 18.2 Å². The van der Waals surface area contributed by atoms with Gasteiger partial charge in [-0.3, -0.25) is 9.59 Å². The largest absolute Gasteiger partial charge is 0.468 e. The van der Waals surface area contributed by atoms with Crippen LogP contribution in [0.25, 0.3) is 0 Å². The number of methoxy groups -OCH3 is 1. The second kappa shape index (κ2) is 5.90. The van der Waals surface area contributed by atoms with Crippen LogP contribution >= 0.6 is 0 Å². The van der Waals surface area contributed by atoms with E-state index >= 15 is 0 Å². The summed E-state index contributed by atoms with van der Waals surface area (Å²) in [5.74, 6) is -1.38. The van der Waals surface area contributed by atoms with Crippen LogP contribution in [0, 0.1) is 0 Å². The Bertz CT molecular complexity index is 359. The molecular formula is C12H14O4. The first-order valence-electron chi connectivity index (χ1n) is 4.91. The molecule has 0 bridgehead atoms. The minimum absolute atomic E-state index is 0.00597. The molecule has 86 valence electrons. The van der Waals surface area contributed by atoms with E-state index < -0.39 is 17.9 Å². The smallest absolute Gasteiger partial charge is 0.316 e. The highest BCUT2D eigenvalue weighted by molar-refractivity contribution is 5.78. The molecule has 0 saturated heterocycles. The summed E-state index contributed by atoms with van der Waals surface area (Å²) >= 11 is 0. The van der Waals surface area contributed by atoms with Crippen molar-refractivity contribution in [2.75, 3.05) is 13.7 Å². The molecule has 0 saturated carbocycles. The lowest BCUT2D eigenvalue weighted by Gasteiger charge is -2.14. The van der Waals surface area contributed by atoms with Crippen LogP contribution in [0.1, 0.15) is 18.4 Å². The molecule has 1 unspecified atom stereocenters. The molecule has 1 atom stereocenters. The maximum Gasteiger partial charge on any atom is 0.316 e. The fraction of sp³-hybridized carbons (Fsp3) is 0.333. The Morgan fingerprint density at radius 2 is 1.88 bits per heavy atom. The number of ether oxygens (including phenoxy) is 2. The summed E-state index contributed by atoms with van der Waals surface area (Å²) in [6, 6.07) is 9.08. The van der Waals surface area contributed by atoms with Gasteiger partial charge in [0.15, 0.2) is 0 Å². The van der Waals surface area contributed by atoms with Gasteiger partial charge in [0.05, 0.1) is 7.11 Å². The van der Waals surface area contributed by atoms with E-state index in [0.717, 1.165) is 5.56 Å². The van der Waals surface area contributed by atoms with Crippen molar-refractivity contribution >= 4 is 11.9 Å². The third kappa shape index (κ3) is 3.38. The molecule has 16 heavy (non-hydrogen) atoms. The highest BCUT2D eigenvalue weighted by atomic mass is 16.5. The van der Waals surface area contributed by atoms with Crippen molar-refractivity contribution in [3.8, 4) is 0 Å². The van der Waals surface area contributed by atoms with Crippen LogP contribution in [0.5, 0.6) is 0 Å². The van der Waals surface area contributed by atoms with Gasteiger partial charge < -0.3 is 9.47 Å². The van der Waals surface area contributed by atoms with Crippen LogP contribution in [-0.2, 0) is 19.1 Å². The van der Waals surface area contributed by atoms with Crippen molar-refractivity contribution in [2.45, 2.75) is 12.8 Å². The molecular weight excluding hydrogens is 208 g/mol. The van der Waals surface area contributed by atoms with E-state index in [1.165, 1.54) is 14.0 Å². The zero-order valence-electron chi connectivity index (χ0n) is 9.30. The van der Waals surface area contributed by atoms with Crippen molar-refractivity contribution in [2.24, 2.45) is 0 Å². The predicted octanol–water partition coefficient (Wildman–Crippen LogP) is 1.51. The summed E-state index contributed by atoms with van der Waals surface area (Å²) in [6.07, 6.45) is 0. The molecule has 0 spiro atoms. The van der Waals surface area contributed by atoms with Crippen molar-refractivity contribution in [3.63, 3.8) is 0 Å². The van der Waals surface area contributed by atoms with Crippen LogP contribution in [-0.4, -0.2) is 25.7 Å². The maximum absolute atomic E-state index is 11.5. The molecule has 0 aliphatic rings. The van der Waals surface area contributed by atoms with Crippen molar-refractivity contribution in [1.29, 1.82) is 0 Å². The quantitative estimate of drug-likeness (QED) is 0.724. The minimum atomic E-state index is -0.560. The molecule has 0 aliphatic carbocycles. The average Bonchev–Trinajstić information content (AvgIpc) is 2.30. The molecule has 0 N–H and O–H groups in total. The first kappa shape index (κ1) is 12.2. The van der Waals surface area contributed by atoms with Gasteiger partial charge in [0.25, 0.3) is 0 Å². The molecule has 0 amide bonds. The molecule has 0 aromatic heterocycles. The molecule has 0 heterocycles. The van der Waals surface area contributed by atoms with Gasteiger partial charge in [-0.2, -0.15) is 0 Å². The van der Waals surface area contributed by atoms with E-state index in [4.69, 9.17) is 4.74 Å². The lowest BCUT2D eigenvalue weighted by atomic mass is 10.0. The summed E-state index contributed by atoms with van der Waals surface area (Å²) in [6.45, 7) is 1.31. The van der Waals surface area contributed by atoms with Crippen molar-refractivity contribution in [3.05, 3.63) is 35.9 Å². The van der Waals surface area contributed by atoms with Gasteiger partial charge in [-0.1, -0.05) is 30.3 Å². The number of rotatable bonds is 4. The normalized spacial score (nSPS) is 11.6. The molecule has 1 rings (SSSR count). The third-order valence-corrected chi connectivity index (χ3v) is 2.14. The zero-order chi connectivity index (χ0) is 12.0. The van der Waals surface area contributed by atoms with Crippen LogP contribution in [0.2, 0.25) is 0 Å². The van der Waals surface area contributed by atoms with Gasteiger partial charge in [-0.05, 0) is 5.56 Å². The topological polar surface area (TPSA) is 52.6 Å². The summed E-state index contributed by atoms with van der Waals surface area (Å²) in [5.41, 5.74) is 0.774. The molecule has 0 fully saturated rings. The second-order valence-electron chi connectivity index (χ2n) is 3.29. The van der Waals surface area contributed by atoms with Crippen LogP contribution in [0.3, 0.4) is 0 Å². The van der Waals surface area contributed by atoms with E-state index in [1.54, 1.807) is 12.1 Å². The summed E-state index contributed by atoms with van der Waals surface area (Å²) in [4.78, 5) is 22.2. The summed E-state index contributed by atoms with van der Waals surface area (Å²) in [7, 11) is 1.31. The fourth-order valence-corrected chi connectivity index (χ4v) is 1.33. The lowest BCUT2D eigenvalue weighted by Crippen LogP contribution is -2.20. The fourth-order valence-electron chi connectivity index (χ4n) is 1.33. The molecule has 0 aliphatic heterocycles. The Hall–Kier alpha value is -1.84. The van der Waals surface area contributed by atoms with Crippen LogP contribution in [0.15, 0.2) is 30.3 Å². The standard InChI is InChI=1S/C12H14O4/c1-9(13)16-8-11(12(14)15-2)10-6-4-3-5-7-10/h3-7,11H,8H2,1-2H3. The van der Waals surface area contributed by atoms with Crippen LogP contribution in [0.4, 0.5) is 0 Å². The van der Waals surface area contributed by atoms with E-state index in [2.05, 4.69) is 4.74 Å². The van der Waals surface area contributed by atoms with E-state index in [0.29, 0.717) is 0 Å². The monoisotopic (exact) mass is 222 g/mol. The van der Waals surface area contributed by atoms with Gasteiger partial charge in [0.2, 0.25) is 0 Å². The third-order valence-electron chi connectivity index (χ3n) is 2.14. The molecule has 1 aromatic rings. The molecule has 1 aromatic carbocycles. The average molecular weight is 222 g/mol. The Morgan fingerprint density at radius 1 is 1.25 bits per heavy atom. The number of hydrogen-bond acceptors (Lipinski definition) is 4. The second-order valence-corrected chi connectivity index (χ2v) is 3.29. The zero-order valence-corrected chi connectivity index (χ0v) is 9.30. The van der Waals surface area contributed by atoms with Crippen molar-refractivity contribution in [1.82, 2.24) is 0 Å². The minimum Gasteiger partial charge on any atom is -0.468 e. The first-order valence-corrected chi connectivity index (χ1v) is 4.91. The number of carbonyl (C=O) groups excluding carboxylic acids is 2. The molecule has 0 radical (unpaired) electrons. The number of hydrogen-bond donors (Lipinski definition) is 0. The Labute approximate surface area is 94.2 Å². The van der Waals surface area contributed by atoms with Gasteiger partial charge in [-0.15, -0.1) is 0 Å². The number of carbonyl (C=O) groups is 2. The lowest BCUT2D eigenvalue weighted by molar-refractivity contribution is -0.148. The highest BCUT2D eigenvalue weighted by Gasteiger charge is 2.22. The van der Waals surface area contributed by atoms with Gasteiger partial charge in [0, 0.05) is 6.92 Å². The predicted molar refractivity (Wildman–Crippen MR) is 57.8 cm³/mol. The van der Waals surface area contributed by atoms with Gasteiger partial charge in [-0.25, -0.2) is 0 Å². The highest BCUT2D eigenvalue weighted by Crippen LogP contribution is 2.17. The number of esters is 2.